The number of hydrogen-bond donors (Lipinski definition) is 0. The van der Waals surface area contributed by atoms with Crippen molar-refractivity contribution in [2.24, 2.45) is 4.99 Å². The molecule has 0 radical (unpaired) electrons. The van der Waals surface area contributed by atoms with Crippen molar-refractivity contribution in [1.82, 2.24) is 0 Å². The third-order valence-corrected chi connectivity index (χ3v) is 4.44. The minimum Gasteiger partial charge on any atom is -0.248 e. The van der Waals surface area contributed by atoms with E-state index in [1.165, 1.54) is 38.4 Å². The Kier molecular flexibility index (Phi) is 1.86. The molecule has 0 atom stereocenters. The molecule has 94 valence electrons. The van der Waals surface area contributed by atoms with Gasteiger partial charge in [-0.25, -0.2) is 4.99 Å². The Morgan fingerprint density at radius 3 is 2.95 bits per heavy atom. The lowest BCUT2D eigenvalue weighted by atomic mass is 9.96. The van der Waals surface area contributed by atoms with Crippen LogP contribution in [0.4, 0.5) is 5.69 Å². The first-order chi connectivity index (χ1) is 9.90. The van der Waals surface area contributed by atoms with Crippen LogP contribution < -0.4 is 10.4 Å². The quantitative estimate of drug-likeness (QED) is 0.585. The van der Waals surface area contributed by atoms with Gasteiger partial charge in [-0.1, -0.05) is 30.3 Å². The molecule has 0 bridgehead atoms. The number of fused-ring (bicyclic) bond motifs is 5. The fraction of sp³-hybridized carbons (Fsp3) is 0.105. The normalized spacial score (nSPS) is 17.0. The Hall–Kier alpha value is -2.41. The summed E-state index contributed by atoms with van der Waals surface area (Å²) in [5.74, 6) is 0. The highest BCUT2D eigenvalue weighted by Gasteiger charge is 2.20. The molecule has 0 N–H and O–H groups in total. The van der Waals surface area contributed by atoms with Crippen molar-refractivity contribution < 1.29 is 0 Å². The highest BCUT2D eigenvalue weighted by Crippen LogP contribution is 2.29. The van der Waals surface area contributed by atoms with Gasteiger partial charge in [0.2, 0.25) is 0 Å². The van der Waals surface area contributed by atoms with E-state index in [0.717, 1.165) is 18.5 Å². The first-order valence-corrected chi connectivity index (χ1v) is 7.14. The molecule has 3 aliphatic rings. The summed E-state index contributed by atoms with van der Waals surface area (Å²) in [5, 5.41) is 2.64. The van der Waals surface area contributed by atoms with Gasteiger partial charge in [-0.3, -0.25) is 0 Å². The summed E-state index contributed by atoms with van der Waals surface area (Å²) in [6.45, 7) is 0. The molecule has 2 aromatic rings. The molecule has 2 aliphatic carbocycles. The monoisotopic (exact) mass is 255 g/mol. The van der Waals surface area contributed by atoms with Crippen LogP contribution in [0.3, 0.4) is 0 Å². The van der Waals surface area contributed by atoms with E-state index in [-0.39, 0.29) is 0 Å². The Balaban J connectivity index is 1.87. The van der Waals surface area contributed by atoms with Gasteiger partial charge < -0.3 is 0 Å². The maximum absolute atomic E-state index is 4.79. The van der Waals surface area contributed by atoms with E-state index in [1.807, 2.05) is 0 Å². The van der Waals surface area contributed by atoms with Crippen molar-refractivity contribution in [1.29, 1.82) is 0 Å². The Bertz CT molecular complexity index is 942. The van der Waals surface area contributed by atoms with Crippen LogP contribution in [0.1, 0.15) is 18.4 Å². The van der Waals surface area contributed by atoms with Crippen LogP contribution in [-0.2, 0) is 0 Å². The molecule has 1 aliphatic heterocycles. The van der Waals surface area contributed by atoms with E-state index in [9.17, 15) is 0 Å². The van der Waals surface area contributed by atoms with Crippen LogP contribution in [0, 0.1) is 0 Å². The third-order valence-electron chi connectivity index (χ3n) is 4.44. The van der Waals surface area contributed by atoms with Crippen molar-refractivity contribution in [2.75, 3.05) is 0 Å². The average molecular weight is 255 g/mol. The molecule has 0 amide bonds. The van der Waals surface area contributed by atoms with E-state index in [4.69, 9.17) is 4.99 Å². The van der Waals surface area contributed by atoms with E-state index in [0.29, 0.717) is 0 Å². The van der Waals surface area contributed by atoms with Crippen molar-refractivity contribution >= 4 is 23.0 Å². The predicted octanol–water partition coefficient (Wildman–Crippen LogP) is 3.08. The molecule has 5 rings (SSSR count). The average Bonchev–Trinajstić information content (AvgIpc) is 3.02. The molecular formula is C19H13N. The van der Waals surface area contributed by atoms with Crippen LogP contribution in [-0.4, -0.2) is 5.71 Å². The van der Waals surface area contributed by atoms with Gasteiger partial charge in [-0.2, -0.15) is 0 Å². The summed E-state index contributed by atoms with van der Waals surface area (Å²) in [4.78, 5) is 4.79. The van der Waals surface area contributed by atoms with Crippen molar-refractivity contribution in [2.45, 2.75) is 12.8 Å². The molecule has 0 unspecified atom stereocenters. The zero-order chi connectivity index (χ0) is 13.1. The van der Waals surface area contributed by atoms with E-state index in [2.05, 4.69) is 54.6 Å². The topological polar surface area (TPSA) is 12.4 Å². The number of benzene rings is 2. The lowest BCUT2D eigenvalue weighted by Crippen LogP contribution is -2.13. The molecule has 1 heteroatoms. The molecule has 0 saturated carbocycles. The minimum atomic E-state index is 1.12. The molecule has 0 fully saturated rings. The summed E-state index contributed by atoms with van der Waals surface area (Å²) in [6, 6.07) is 13.2. The number of rotatable bonds is 0. The summed E-state index contributed by atoms with van der Waals surface area (Å²) in [7, 11) is 0. The smallest absolute Gasteiger partial charge is 0.0719 e. The second-order valence-corrected chi connectivity index (χ2v) is 5.60. The van der Waals surface area contributed by atoms with Crippen LogP contribution in [0.5, 0.6) is 0 Å². The standard InChI is InChI=1S/C19H13N/c1-2-6-14-12(5-1)9-13-10-19-17(11-16(13)14)15-7-3-4-8-18(15)20-19/h1-2,4-6,8-11H,3,7H2. The number of aliphatic imine (C=N–C) groups is 1. The second kappa shape index (κ2) is 3.57. The van der Waals surface area contributed by atoms with Crippen LogP contribution in [0.15, 0.2) is 53.5 Å². The van der Waals surface area contributed by atoms with E-state index < -0.39 is 0 Å². The number of nitrogens with zero attached hydrogens (tertiary/aromatic N) is 1. The van der Waals surface area contributed by atoms with Crippen molar-refractivity contribution in [3.63, 3.8) is 0 Å². The lowest BCUT2D eigenvalue weighted by molar-refractivity contribution is 1.07. The Morgan fingerprint density at radius 1 is 1.00 bits per heavy atom. The van der Waals surface area contributed by atoms with Gasteiger partial charge in [0.1, 0.15) is 0 Å². The SMILES string of the molecule is C1=CC2=Nc3cc4c(cc3=C2CC1)-c1ccccc1C=4. The van der Waals surface area contributed by atoms with Gasteiger partial charge in [0, 0.05) is 5.22 Å². The van der Waals surface area contributed by atoms with Crippen LogP contribution >= 0.6 is 0 Å². The summed E-state index contributed by atoms with van der Waals surface area (Å²) < 4.78 is 0. The third kappa shape index (κ3) is 1.25. The predicted molar refractivity (Wildman–Crippen MR) is 83.6 cm³/mol. The first kappa shape index (κ1) is 10.4. The maximum atomic E-state index is 4.79. The summed E-state index contributed by atoms with van der Waals surface area (Å²) >= 11 is 0. The van der Waals surface area contributed by atoms with E-state index >= 15 is 0 Å². The largest absolute Gasteiger partial charge is 0.248 e. The highest BCUT2D eigenvalue weighted by molar-refractivity contribution is 6.28. The number of hydrogen-bond acceptors (Lipinski definition) is 1. The zero-order valence-corrected chi connectivity index (χ0v) is 11.1. The Labute approximate surface area is 117 Å². The summed E-state index contributed by atoms with van der Waals surface area (Å²) in [5.41, 5.74) is 7.77. The molecule has 1 nitrogen and oxygen atoms in total. The lowest BCUT2D eigenvalue weighted by Gasteiger charge is -2.06. The fourth-order valence-corrected chi connectivity index (χ4v) is 3.49. The molecule has 20 heavy (non-hydrogen) atoms. The zero-order valence-electron chi connectivity index (χ0n) is 11.1. The van der Waals surface area contributed by atoms with Gasteiger partial charge in [-0.05, 0) is 64.6 Å². The molecule has 0 spiro atoms. The number of allylic oxidation sites excluding steroid dienone is 2. The molecule has 0 aromatic heterocycles. The van der Waals surface area contributed by atoms with Crippen LogP contribution in [0.25, 0.3) is 22.8 Å². The maximum Gasteiger partial charge on any atom is 0.0719 e. The fourth-order valence-electron chi connectivity index (χ4n) is 3.49. The minimum absolute atomic E-state index is 1.12. The molecule has 2 aromatic carbocycles. The van der Waals surface area contributed by atoms with Gasteiger partial charge in [0.05, 0.1) is 11.4 Å². The Morgan fingerprint density at radius 2 is 1.95 bits per heavy atom. The van der Waals surface area contributed by atoms with Gasteiger partial charge in [-0.15, -0.1) is 0 Å². The van der Waals surface area contributed by atoms with Crippen molar-refractivity contribution in [3.8, 4) is 11.1 Å². The first-order valence-electron chi connectivity index (χ1n) is 7.14. The molecular weight excluding hydrogens is 242 g/mol. The van der Waals surface area contributed by atoms with Gasteiger partial charge in [0.15, 0.2) is 0 Å². The van der Waals surface area contributed by atoms with Crippen LogP contribution in [0.2, 0.25) is 0 Å². The summed E-state index contributed by atoms with van der Waals surface area (Å²) in [6.07, 6.45) is 8.92. The second-order valence-electron chi connectivity index (χ2n) is 5.60. The molecule has 0 saturated heterocycles. The van der Waals surface area contributed by atoms with Crippen molar-refractivity contribution in [3.05, 3.63) is 64.6 Å². The van der Waals surface area contributed by atoms with Gasteiger partial charge in [0.25, 0.3) is 0 Å². The van der Waals surface area contributed by atoms with Gasteiger partial charge >= 0.3 is 0 Å². The highest BCUT2D eigenvalue weighted by atomic mass is 14.8. The molecule has 1 heterocycles. The van der Waals surface area contributed by atoms with E-state index in [1.54, 1.807) is 0 Å².